The van der Waals surface area contributed by atoms with Crippen molar-refractivity contribution in [2.45, 2.75) is 44.9 Å². The lowest BCUT2D eigenvalue weighted by molar-refractivity contribution is 0.188. The van der Waals surface area contributed by atoms with E-state index in [1.165, 1.54) is 24.3 Å². The van der Waals surface area contributed by atoms with Crippen molar-refractivity contribution < 1.29 is 27.8 Å². The van der Waals surface area contributed by atoms with Gasteiger partial charge in [0.15, 0.2) is 5.82 Å². The number of phenols is 1. The summed E-state index contributed by atoms with van der Waals surface area (Å²) < 4.78 is 58.4. The van der Waals surface area contributed by atoms with Gasteiger partial charge in [0.25, 0.3) is 0 Å². The molecule has 5 heterocycles. The first-order chi connectivity index (χ1) is 22.6. The molecule has 7 rings (SSSR count). The average Bonchev–Trinajstić information content (AvgIpc) is 3.26. The van der Waals surface area contributed by atoms with Crippen LogP contribution in [-0.2, 0) is 6.42 Å². The standard InChI is InChI=1S/C34H34F3N7O3/c1-4-22-25(36)8-7-18-12-21(45)14-24(26(18)22)29-28(37)30-27-32(42-34(41-30)47-16-20-13-19(35)15-43(20)3)44(10-11-46-33(27)40-29)17(2)23-6-5-9-39-31(23)38/h5-9,12,14,17,19-20,45H,4,10-11,13,15-16H2,1-3H3,(H2,38,39)/t17?,19-,20?/m1/s1. The third kappa shape index (κ3) is 5.37. The second-order valence-electron chi connectivity index (χ2n) is 12.0. The molecule has 13 heteroatoms. The number of nitrogens with two attached hydrogens (primary N) is 1. The number of nitrogen functional groups attached to an aromatic ring is 1. The molecule has 5 aromatic rings. The zero-order valence-electron chi connectivity index (χ0n) is 26.2. The van der Waals surface area contributed by atoms with E-state index < -0.39 is 17.8 Å². The number of hydrogen-bond donors (Lipinski definition) is 2. The fourth-order valence-electron chi connectivity index (χ4n) is 6.74. The van der Waals surface area contributed by atoms with Crippen LogP contribution in [-0.4, -0.2) is 75.5 Å². The minimum absolute atomic E-state index is 0.0774. The maximum absolute atomic E-state index is 17.0. The zero-order valence-corrected chi connectivity index (χ0v) is 26.2. The summed E-state index contributed by atoms with van der Waals surface area (Å²) in [6.07, 6.45) is 1.24. The third-order valence-electron chi connectivity index (χ3n) is 9.15. The van der Waals surface area contributed by atoms with Crippen LogP contribution in [0.2, 0.25) is 0 Å². The molecule has 1 fully saturated rings. The molecule has 0 saturated carbocycles. The summed E-state index contributed by atoms with van der Waals surface area (Å²) in [5, 5.41) is 11.8. The molecule has 244 valence electrons. The molecular formula is C34H34F3N7O3. The monoisotopic (exact) mass is 645 g/mol. The fraction of sp³-hybridized carbons (Fsp3) is 0.353. The normalized spacial score (nSPS) is 18.8. The Balaban J connectivity index is 1.45. The van der Waals surface area contributed by atoms with Crippen molar-refractivity contribution in [2.24, 2.45) is 0 Å². The van der Waals surface area contributed by atoms with Crippen LogP contribution in [0.5, 0.6) is 17.6 Å². The Morgan fingerprint density at radius 1 is 1.15 bits per heavy atom. The first-order valence-corrected chi connectivity index (χ1v) is 15.6. The van der Waals surface area contributed by atoms with E-state index in [9.17, 15) is 9.50 Å². The van der Waals surface area contributed by atoms with Crippen LogP contribution in [0.4, 0.5) is 24.8 Å². The molecule has 0 amide bonds. The summed E-state index contributed by atoms with van der Waals surface area (Å²) in [5.41, 5.74) is 7.24. The van der Waals surface area contributed by atoms with Gasteiger partial charge in [-0.05, 0) is 67.4 Å². The van der Waals surface area contributed by atoms with Gasteiger partial charge in [-0.3, -0.25) is 4.90 Å². The van der Waals surface area contributed by atoms with Gasteiger partial charge in [-0.25, -0.2) is 23.1 Å². The minimum Gasteiger partial charge on any atom is -0.508 e. The highest BCUT2D eigenvalue weighted by molar-refractivity contribution is 6.03. The number of pyridine rings is 2. The molecule has 2 aliphatic rings. The fourth-order valence-corrected chi connectivity index (χ4v) is 6.74. The molecule has 1 saturated heterocycles. The first-order valence-electron chi connectivity index (χ1n) is 15.6. The van der Waals surface area contributed by atoms with Crippen LogP contribution in [0.25, 0.3) is 32.9 Å². The van der Waals surface area contributed by atoms with E-state index in [-0.39, 0.29) is 71.6 Å². The number of nitrogens with zero attached hydrogens (tertiary/aromatic N) is 6. The molecule has 3 N–H and O–H groups in total. The van der Waals surface area contributed by atoms with E-state index in [2.05, 4.69) is 15.0 Å². The number of aromatic nitrogens is 4. The van der Waals surface area contributed by atoms with Gasteiger partial charge in [0.1, 0.15) is 59.2 Å². The molecular weight excluding hydrogens is 611 g/mol. The number of benzene rings is 2. The number of phenolic OH excluding ortho intramolecular Hbond substituents is 1. The lowest BCUT2D eigenvalue weighted by atomic mass is 9.94. The van der Waals surface area contributed by atoms with Crippen molar-refractivity contribution in [2.75, 3.05) is 44.0 Å². The van der Waals surface area contributed by atoms with E-state index in [4.69, 9.17) is 20.2 Å². The molecule has 0 bridgehead atoms. The largest absolute Gasteiger partial charge is 0.508 e. The summed E-state index contributed by atoms with van der Waals surface area (Å²) in [6, 6.07) is 8.68. The van der Waals surface area contributed by atoms with E-state index >= 15 is 8.78 Å². The van der Waals surface area contributed by atoms with Gasteiger partial charge in [-0.1, -0.05) is 19.1 Å². The summed E-state index contributed by atoms with van der Waals surface area (Å²) >= 11 is 0. The maximum atomic E-state index is 17.0. The van der Waals surface area contributed by atoms with Crippen molar-refractivity contribution in [1.29, 1.82) is 0 Å². The Morgan fingerprint density at radius 3 is 2.72 bits per heavy atom. The van der Waals surface area contributed by atoms with Gasteiger partial charge in [0.2, 0.25) is 5.88 Å². The van der Waals surface area contributed by atoms with Crippen molar-refractivity contribution in [3.8, 4) is 28.9 Å². The minimum atomic E-state index is -0.974. The highest BCUT2D eigenvalue weighted by Crippen LogP contribution is 2.44. The molecule has 2 unspecified atom stereocenters. The zero-order chi connectivity index (χ0) is 33.0. The Hall–Kier alpha value is -4.91. The van der Waals surface area contributed by atoms with Gasteiger partial charge < -0.3 is 25.2 Å². The van der Waals surface area contributed by atoms with Crippen LogP contribution in [0.3, 0.4) is 0 Å². The number of likely N-dealkylation sites (N-methyl/N-ethyl adjacent to an activating group) is 1. The lowest BCUT2D eigenvalue weighted by Gasteiger charge is -2.30. The van der Waals surface area contributed by atoms with Crippen LogP contribution in [0.15, 0.2) is 42.6 Å². The number of anilines is 2. The number of ether oxygens (including phenoxy) is 2. The van der Waals surface area contributed by atoms with Gasteiger partial charge in [0, 0.05) is 29.9 Å². The number of aromatic hydroxyl groups is 1. The second kappa shape index (κ2) is 12.0. The van der Waals surface area contributed by atoms with Crippen LogP contribution < -0.4 is 20.1 Å². The SMILES string of the molecule is CCc1c(F)ccc2cc(O)cc(-c3nc4c5c(nc(OCC6C[C@@H](F)CN6C)nc5c3F)N(C(C)c3cccnc3N)CCO4)c12. The molecule has 3 aromatic heterocycles. The number of aryl methyl sites for hydroxylation is 1. The number of likely N-dealkylation sites (tertiary alicyclic amines) is 1. The molecule has 0 radical (unpaired) electrons. The van der Waals surface area contributed by atoms with Crippen LogP contribution in [0.1, 0.15) is 37.4 Å². The van der Waals surface area contributed by atoms with E-state index in [0.29, 0.717) is 47.4 Å². The number of hydrogen-bond acceptors (Lipinski definition) is 10. The Labute approximate surface area is 269 Å². The van der Waals surface area contributed by atoms with E-state index in [0.717, 1.165) is 5.56 Å². The first kappa shape index (κ1) is 30.7. The summed E-state index contributed by atoms with van der Waals surface area (Å²) in [6.45, 7) is 4.59. The average molecular weight is 646 g/mol. The highest BCUT2D eigenvalue weighted by Gasteiger charge is 2.33. The molecule has 0 aliphatic carbocycles. The van der Waals surface area contributed by atoms with Crippen molar-refractivity contribution in [1.82, 2.24) is 24.8 Å². The molecule has 10 nitrogen and oxygen atoms in total. The van der Waals surface area contributed by atoms with Crippen molar-refractivity contribution in [3.05, 3.63) is 65.4 Å². The van der Waals surface area contributed by atoms with E-state index in [1.807, 2.05) is 29.8 Å². The van der Waals surface area contributed by atoms with Crippen molar-refractivity contribution >= 4 is 33.3 Å². The number of rotatable bonds is 7. The van der Waals surface area contributed by atoms with Gasteiger partial charge in [-0.2, -0.15) is 9.97 Å². The number of fused-ring (bicyclic) bond motifs is 1. The quantitative estimate of drug-likeness (QED) is 0.226. The van der Waals surface area contributed by atoms with E-state index in [1.54, 1.807) is 19.2 Å². The number of alkyl halides is 1. The summed E-state index contributed by atoms with van der Waals surface area (Å²) in [5.74, 6) is -0.677. The highest BCUT2D eigenvalue weighted by atomic mass is 19.1. The second-order valence-corrected chi connectivity index (χ2v) is 12.0. The molecule has 3 atom stereocenters. The summed E-state index contributed by atoms with van der Waals surface area (Å²) in [7, 11) is 1.82. The molecule has 0 spiro atoms. The van der Waals surface area contributed by atoms with Gasteiger partial charge in [0.05, 0.1) is 12.6 Å². The van der Waals surface area contributed by atoms with Gasteiger partial charge >= 0.3 is 6.01 Å². The van der Waals surface area contributed by atoms with Crippen molar-refractivity contribution in [3.63, 3.8) is 0 Å². The van der Waals surface area contributed by atoms with Crippen LogP contribution >= 0.6 is 0 Å². The molecule has 47 heavy (non-hydrogen) atoms. The Bertz CT molecular complexity index is 2010. The smallest absolute Gasteiger partial charge is 0.319 e. The number of halogens is 3. The molecule has 2 aliphatic heterocycles. The summed E-state index contributed by atoms with van der Waals surface area (Å²) in [4.78, 5) is 21.9. The Morgan fingerprint density at radius 2 is 1.98 bits per heavy atom. The third-order valence-corrected chi connectivity index (χ3v) is 9.15. The van der Waals surface area contributed by atoms with Crippen LogP contribution in [0, 0.1) is 11.6 Å². The topological polar surface area (TPSA) is 123 Å². The predicted octanol–water partition coefficient (Wildman–Crippen LogP) is 5.75. The Kier molecular flexibility index (Phi) is 7.87. The molecule has 2 aromatic carbocycles. The maximum Gasteiger partial charge on any atom is 0.319 e. The lowest BCUT2D eigenvalue weighted by Crippen LogP contribution is -2.32. The predicted molar refractivity (Wildman–Crippen MR) is 173 cm³/mol. The van der Waals surface area contributed by atoms with Gasteiger partial charge in [-0.15, -0.1) is 0 Å².